The van der Waals surface area contributed by atoms with Gasteiger partial charge in [-0.1, -0.05) is 36.4 Å². The Labute approximate surface area is 164 Å². The minimum atomic E-state index is -0.280. The van der Waals surface area contributed by atoms with E-state index in [0.717, 1.165) is 37.9 Å². The molecule has 6 heteroatoms. The summed E-state index contributed by atoms with van der Waals surface area (Å²) in [5.74, 6) is -0.0937. The summed E-state index contributed by atoms with van der Waals surface area (Å²) in [4.78, 5) is 32.3. The molecule has 0 bridgehead atoms. The Morgan fingerprint density at radius 2 is 1.71 bits per heavy atom. The van der Waals surface area contributed by atoms with Gasteiger partial charge in [0.1, 0.15) is 0 Å². The van der Waals surface area contributed by atoms with Crippen LogP contribution in [0.5, 0.6) is 0 Å². The molecule has 1 aromatic carbocycles. The normalized spacial score (nSPS) is 15.4. The summed E-state index contributed by atoms with van der Waals surface area (Å²) >= 11 is 0. The lowest BCUT2D eigenvalue weighted by Crippen LogP contribution is -2.36. The highest BCUT2D eigenvalue weighted by atomic mass is 16.2. The first-order valence-electron chi connectivity index (χ1n) is 9.77. The van der Waals surface area contributed by atoms with Gasteiger partial charge < -0.3 is 10.2 Å². The van der Waals surface area contributed by atoms with Crippen LogP contribution in [0.15, 0.2) is 54.7 Å². The Bertz CT molecular complexity index is 990. The number of fused-ring (bicyclic) bond motifs is 1. The molecule has 1 fully saturated rings. The van der Waals surface area contributed by atoms with Gasteiger partial charge in [-0.15, -0.1) is 0 Å². The van der Waals surface area contributed by atoms with Gasteiger partial charge in [0, 0.05) is 19.3 Å². The largest absolute Gasteiger partial charge is 0.344 e. The molecule has 1 unspecified atom stereocenters. The van der Waals surface area contributed by atoms with E-state index in [1.165, 1.54) is 0 Å². The first-order chi connectivity index (χ1) is 13.6. The van der Waals surface area contributed by atoms with E-state index in [2.05, 4.69) is 10.3 Å². The zero-order valence-electron chi connectivity index (χ0n) is 16.0. The van der Waals surface area contributed by atoms with Crippen LogP contribution in [0.3, 0.4) is 0 Å². The van der Waals surface area contributed by atoms with Gasteiger partial charge in [-0.3, -0.25) is 14.0 Å². The number of aromatic nitrogens is 2. The average molecular weight is 376 g/mol. The zero-order valence-corrected chi connectivity index (χ0v) is 16.0. The van der Waals surface area contributed by atoms with Crippen molar-refractivity contribution in [3.05, 3.63) is 71.8 Å². The number of carbonyl (C=O) groups is 2. The number of likely N-dealkylation sites (tertiary alicyclic amines) is 1. The van der Waals surface area contributed by atoms with Gasteiger partial charge >= 0.3 is 0 Å². The third-order valence-corrected chi connectivity index (χ3v) is 5.25. The van der Waals surface area contributed by atoms with Crippen molar-refractivity contribution < 1.29 is 9.59 Å². The van der Waals surface area contributed by atoms with Crippen LogP contribution in [0, 0.1) is 0 Å². The lowest BCUT2D eigenvalue weighted by Gasteiger charge is -2.25. The molecule has 1 N–H and O–H groups in total. The summed E-state index contributed by atoms with van der Waals surface area (Å²) in [7, 11) is 0. The van der Waals surface area contributed by atoms with E-state index in [0.29, 0.717) is 11.3 Å². The second kappa shape index (κ2) is 7.84. The molecule has 3 aromatic rings. The van der Waals surface area contributed by atoms with Crippen molar-refractivity contribution in [3.63, 3.8) is 0 Å². The number of pyridine rings is 1. The predicted octanol–water partition coefficient (Wildman–Crippen LogP) is 3.45. The van der Waals surface area contributed by atoms with Crippen LogP contribution in [0.2, 0.25) is 0 Å². The molecular weight excluding hydrogens is 352 g/mol. The quantitative estimate of drug-likeness (QED) is 0.758. The molecule has 2 aromatic heterocycles. The lowest BCUT2D eigenvalue weighted by atomic mass is 10.1. The van der Waals surface area contributed by atoms with Crippen LogP contribution >= 0.6 is 0 Å². The number of nitrogens with zero attached hydrogens (tertiary/aromatic N) is 3. The summed E-state index contributed by atoms with van der Waals surface area (Å²) < 4.78 is 1.72. The molecular formula is C22H24N4O2. The number of rotatable bonds is 4. The SMILES string of the molecule is CC(NC(=O)c1nc(C(=O)N2CCCCC2)n2ccccc12)c1ccccc1. The minimum Gasteiger partial charge on any atom is -0.344 e. The first kappa shape index (κ1) is 18.2. The van der Waals surface area contributed by atoms with Crippen LogP contribution in [0.4, 0.5) is 0 Å². The topological polar surface area (TPSA) is 66.7 Å². The monoisotopic (exact) mass is 376 g/mol. The first-order valence-corrected chi connectivity index (χ1v) is 9.77. The molecule has 0 saturated carbocycles. The fourth-order valence-electron chi connectivity index (χ4n) is 3.68. The number of benzene rings is 1. The van der Waals surface area contributed by atoms with Crippen LogP contribution in [-0.4, -0.2) is 39.2 Å². The van der Waals surface area contributed by atoms with Gasteiger partial charge in [0.05, 0.1) is 11.6 Å². The highest BCUT2D eigenvalue weighted by Crippen LogP contribution is 2.19. The highest BCUT2D eigenvalue weighted by Gasteiger charge is 2.26. The maximum Gasteiger partial charge on any atom is 0.290 e. The molecule has 2 amide bonds. The van der Waals surface area contributed by atoms with Crippen molar-refractivity contribution in [2.24, 2.45) is 0 Å². The second-order valence-electron chi connectivity index (χ2n) is 7.20. The molecule has 0 radical (unpaired) electrons. The number of hydrogen-bond donors (Lipinski definition) is 1. The van der Waals surface area contributed by atoms with Crippen LogP contribution in [0.25, 0.3) is 5.52 Å². The number of amides is 2. The highest BCUT2D eigenvalue weighted by molar-refractivity contribution is 6.02. The van der Waals surface area contributed by atoms with Gasteiger partial charge in [0.25, 0.3) is 11.8 Å². The third-order valence-electron chi connectivity index (χ3n) is 5.25. The van der Waals surface area contributed by atoms with E-state index in [-0.39, 0.29) is 23.6 Å². The lowest BCUT2D eigenvalue weighted by molar-refractivity contribution is 0.0711. The van der Waals surface area contributed by atoms with Crippen molar-refractivity contribution in [2.45, 2.75) is 32.2 Å². The van der Waals surface area contributed by atoms with Crippen molar-refractivity contribution in [1.82, 2.24) is 19.6 Å². The van der Waals surface area contributed by atoms with E-state index in [9.17, 15) is 9.59 Å². The molecule has 0 aliphatic carbocycles. The standard InChI is InChI=1S/C22H24N4O2/c1-16(17-10-4-2-5-11-17)23-21(27)19-18-12-6-9-15-26(18)20(24-19)22(28)25-13-7-3-8-14-25/h2,4-6,9-12,15-16H,3,7-8,13-14H2,1H3,(H,23,27). The Balaban J connectivity index is 1.64. The molecule has 1 aliphatic heterocycles. The van der Waals surface area contributed by atoms with Crippen molar-refractivity contribution in [2.75, 3.05) is 13.1 Å². The number of piperidine rings is 1. The van der Waals surface area contributed by atoms with Crippen LogP contribution in [-0.2, 0) is 0 Å². The number of hydrogen-bond acceptors (Lipinski definition) is 3. The van der Waals surface area contributed by atoms with E-state index in [1.807, 2.05) is 60.4 Å². The maximum atomic E-state index is 13.0. The molecule has 144 valence electrons. The zero-order chi connectivity index (χ0) is 19.5. The second-order valence-corrected chi connectivity index (χ2v) is 7.20. The van der Waals surface area contributed by atoms with E-state index >= 15 is 0 Å². The Hall–Kier alpha value is -3.15. The van der Waals surface area contributed by atoms with Gasteiger partial charge in [0.2, 0.25) is 5.82 Å². The fourth-order valence-corrected chi connectivity index (χ4v) is 3.68. The van der Waals surface area contributed by atoms with Crippen molar-refractivity contribution >= 4 is 17.3 Å². The molecule has 1 atom stereocenters. The van der Waals surface area contributed by atoms with Crippen LogP contribution in [0.1, 0.15) is 58.9 Å². The Morgan fingerprint density at radius 1 is 1.00 bits per heavy atom. The number of nitrogens with one attached hydrogen (secondary N) is 1. The molecule has 4 rings (SSSR count). The van der Waals surface area contributed by atoms with Gasteiger partial charge in [-0.2, -0.15) is 0 Å². The number of imidazole rings is 1. The maximum absolute atomic E-state index is 13.0. The Morgan fingerprint density at radius 3 is 2.46 bits per heavy atom. The molecule has 0 spiro atoms. The fraction of sp³-hybridized carbons (Fsp3) is 0.318. The van der Waals surface area contributed by atoms with Crippen molar-refractivity contribution in [1.29, 1.82) is 0 Å². The van der Waals surface area contributed by atoms with Gasteiger partial charge in [0.15, 0.2) is 5.69 Å². The van der Waals surface area contributed by atoms with Crippen LogP contribution < -0.4 is 5.32 Å². The smallest absolute Gasteiger partial charge is 0.290 e. The molecule has 3 heterocycles. The van der Waals surface area contributed by atoms with E-state index in [4.69, 9.17) is 0 Å². The summed E-state index contributed by atoms with van der Waals surface area (Å²) in [6.45, 7) is 3.42. The molecule has 1 saturated heterocycles. The summed E-state index contributed by atoms with van der Waals surface area (Å²) in [5, 5.41) is 3.00. The minimum absolute atomic E-state index is 0.115. The van der Waals surface area contributed by atoms with Crippen molar-refractivity contribution in [3.8, 4) is 0 Å². The third kappa shape index (κ3) is 3.50. The molecule has 28 heavy (non-hydrogen) atoms. The van der Waals surface area contributed by atoms with E-state index in [1.54, 1.807) is 10.6 Å². The average Bonchev–Trinajstić information content (AvgIpc) is 3.14. The Kier molecular flexibility index (Phi) is 5.10. The van der Waals surface area contributed by atoms with E-state index < -0.39 is 0 Å². The summed E-state index contributed by atoms with van der Waals surface area (Å²) in [6, 6.07) is 15.1. The summed E-state index contributed by atoms with van der Waals surface area (Å²) in [5.41, 5.74) is 1.94. The van der Waals surface area contributed by atoms with Gasteiger partial charge in [-0.25, -0.2) is 4.98 Å². The number of carbonyl (C=O) groups excluding carboxylic acids is 2. The predicted molar refractivity (Wildman–Crippen MR) is 107 cm³/mol. The van der Waals surface area contributed by atoms with Gasteiger partial charge in [-0.05, 0) is 43.9 Å². The summed E-state index contributed by atoms with van der Waals surface area (Å²) in [6.07, 6.45) is 4.96. The molecule has 6 nitrogen and oxygen atoms in total. The molecule has 1 aliphatic rings.